The maximum atomic E-state index is 12.6. The second kappa shape index (κ2) is 7.20. The zero-order valence-corrected chi connectivity index (χ0v) is 12.5. The van der Waals surface area contributed by atoms with E-state index in [0.717, 1.165) is 0 Å². The molecule has 0 aliphatic carbocycles. The zero-order chi connectivity index (χ0) is 15.2. The van der Waals surface area contributed by atoms with E-state index in [9.17, 15) is 8.42 Å². The molecule has 0 amide bonds. The van der Waals surface area contributed by atoms with E-state index in [0.29, 0.717) is 17.7 Å². The summed E-state index contributed by atoms with van der Waals surface area (Å²) in [6.45, 7) is 6.03. The number of nitrogens with zero attached hydrogens (tertiary/aromatic N) is 2. The minimum atomic E-state index is -3.62. The van der Waals surface area contributed by atoms with Crippen LogP contribution >= 0.6 is 0 Å². The fourth-order valence-corrected chi connectivity index (χ4v) is 3.39. The highest BCUT2D eigenvalue weighted by Gasteiger charge is 2.24. The molecule has 0 N–H and O–H groups in total. The molecule has 0 atom stereocenters. The second-order valence-corrected chi connectivity index (χ2v) is 6.14. The molecule has 20 heavy (non-hydrogen) atoms. The molecule has 0 aliphatic heterocycles. The molecule has 0 fully saturated rings. The Hall–Kier alpha value is -1.68. The third-order valence-corrected chi connectivity index (χ3v) is 4.82. The van der Waals surface area contributed by atoms with Gasteiger partial charge in [0, 0.05) is 20.2 Å². The first-order chi connectivity index (χ1) is 9.47. The van der Waals surface area contributed by atoms with Crippen molar-refractivity contribution in [1.29, 1.82) is 5.26 Å². The van der Waals surface area contributed by atoms with Gasteiger partial charge in [-0.1, -0.05) is 6.08 Å². The van der Waals surface area contributed by atoms with Crippen molar-refractivity contribution in [2.75, 3.05) is 26.8 Å². The Morgan fingerprint density at radius 2 is 2.20 bits per heavy atom. The first-order valence-corrected chi connectivity index (χ1v) is 7.52. The Morgan fingerprint density at radius 3 is 2.70 bits per heavy atom. The van der Waals surface area contributed by atoms with Crippen LogP contribution in [0.3, 0.4) is 0 Å². The van der Waals surface area contributed by atoms with E-state index in [1.165, 1.54) is 29.6 Å². The fraction of sp³-hybridized carbons (Fsp3) is 0.357. The number of nitriles is 1. The van der Waals surface area contributed by atoms with Crippen LogP contribution in [0, 0.1) is 18.3 Å². The van der Waals surface area contributed by atoms with Gasteiger partial charge < -0.3 is 4.74 Å². The quantitative estimate of drug-likeness (QED) is 0.718. The predicted molar refractivity (Wildman–Crippen MR) is 76.7 cm³/mol. The number of aryl methyl sites for hydroxylation is 1. The number of hydrogen-bond acceptors (Lipinski definition) is 4. The SMILES string of the molecule is C=CCN(CCOC)S(=O)(=O)c1ccc(C#N)cc1C. The molecular weight excluding hydrogens is 276 g/mol. The maximum Gasteiger partial charge on any atom is 0.243 e. The summed E-state index contributed by atoms with van der Waals surface area (Å²) in [5, 5.41) is 8.83. The monoisotopic (exact) mass is 294 g/mol. The van der Waals surface area contributed by atoms with Crippen molar-refractivity contribution >= 4 is 10.0 Å². The highest BCUT2D eigenvalue weighted by Crippen LogP contribution is 2.20. The standard InChI is InChI=1S/C14H18N2O3S/c1-4-7-16(8-9-19-3)20(17,18)14-6-5-13(11-15)10-12(14)2/h4-6,10H,1,7-9H2,2-3H3. The van der Waals surface area contributed by atoms with Crippen LogP contribution in [-0.2, 0) is 14.8 Å². The minimum Gasteiger partial charge on any atom is -0.383 e. The lowest BCUT2D eigenvalue weighted by Gasteiger charge is -2.21. The Kier molecular flexibility index (Phi) is 5.89. The number of rotatable bonds is 7. The zero-order valence-electron chi connectivity index (χ0n) is 11.7. The number of sulfonamides is 1. The Bertz CT molecular complexity index is 618. The molecule has 1 aromatic carbocycles. The number of benzene rings is 1. The summed E-state index contributed by atoms with van der Waals surface area (Å²) in [5.74, 6) is 0. The topological polar surface area (TPSA) is 70.4 Å². The molecule has 0 spiro atoms. The Labute approximate surface area is 120 Å². The molecule has 0 aliphatic rings. The maximum absolute atomic E-state index is 12.6. The molecule has 0 aromatic heterocycles. The van der Waals surface area contributed by atoms with Crippen LogP contribution in [0.4, 0.5) is 0 Å². The van der Waals surface area contributed by atoms with Gasteiger partial charge in [-0.05, 0) is 30.7 Å². The molecule has 1 aromatic rings. The fourth-order valence-electron chi connectivity index (χ4n) is 1.79. The molecule has 0 unspecified atom stereocenters. The third-order valence-electron chi connectivity index (χ3n) is 2.80. The molecule has 108 valence electrons. The highest BCUT2D eigenvalue weighted by molar-refractivity contribution is 7.89. The average molecular weight is 294 g/mol. The van der Waals surface area contributed by atoms with E-state index in [2.05, 4.69) is 6.58 Å². The summed E-state index contributed by atoms with van der Waals surface area (Å²) in [7, 11) is -2.10. The lowest BCUT2D eigenvalue weighted by Crippen LogP contribution is -2.34. The van der Waals surface area contributed by atoms with Gasteiger partial charge in [-0.2, -0.15) is 9.57 Å². The summed E-state index contributed by atoms with van der Waals surface area (Å²) in [6.07, 6.45) is 1.53. The van der Waals surface area contributed by atoms with Crippen molar-refractivity contribution in [1.82, 2.24) is 4.31 Å². The van der Waals surface area contributed by atoms with Crippen LogP contribution in [0.25, 0.3) is 0 Å². The molecule has 1 rings (SSSR count). The summed E-state index contributed by atoms with van der Waals surface area (Å²) in [5.41, 5.74) is 0.990. The number of ether oxygens (including phenoxy) is 1. The molecule has 6 heteroatoms. The van der Waals surface area contributed by atoms with E-state index >= 15 is 0 Å². The average Bonchev–Trinajstić information content (AvgIpc) is 2.42. The smallest absolute Gasteiger partial charge is 0.243 e. The van der Waals surface area contributed by atoms with Crippen molar-refractivity contribution in [3.63, 3.8) is 0 Å². The van der Waals surface area contributed by atoms with Crippen LogP contribution < -0.4 is 0 Å². The number of methoxy groups -OCH3 is 1. The van der Waals surface area contributed by atoms with Crippen molar-refractivity contribution in [2.45, 2.75) is 11.8 Å². The largest absolute Gasteiger partial charge is 0.383 e. The van der Waals surface area contributed by atoms with E-state index in [1.54, 1.807) is 13.0 Å². The molecule has 0 saturated heterocycles. The molecule has 0 saturated carbocycles. The predicted octanol–water partition coefficient (Wildman–Crippen LogP) is 1.69. The first kappa shape index (κ1) is 16.4. The van der Waals surface area contributed by atoms with Crippen molar-refractivity contribution < 1.29 is 13.2 Å². The van der Waals surface area contributed by atoms with Gasteiger partial charge in [0.1, 0.15) is 0 Å². The minimum absolute atomic E-state index is 0.203. The Morgan fingerprint density at radius 1 is 1.50 bits per heavy atom. The highest BCUT2D eigenvalue weighted by atomic mass is 32.2. The molecule has 5 nitrogen and oxygen atoms in total. The van der Waals surface area contributed by atoms with Crippen LogP contribution in [0.1, 0.15) is 11.1 Å². The summed E-state index contributed by atoms with van der Waals surface area (Å²) in [6, 6.07) is 6.52. The van der Waals surface area contributed by atoms with Crippen molar-refractivity contribution in [3.8, 4) is 6.07 Å². The van der Waals surface area contributed by atoms with Gasteiger partial charge in [0.05, 0.1) is 23.1 Å². The van der Waals surface area contributed by atoms with Gasteiger partial charge in [-0.25, -0.2) is 8.42 Å². The van der Waals surface area contributed by atoms with Gasteiger partial charge in [0.25, 0.3) is 0 Å². The Balaban J connectivity index is 3.19. The van der Waals surface area contributed by atoms with Gasteiger partial charge >= 0.3 is 0 Å². The van der Waals surface area contributed by atoms with Crippen LogP contribution in [0.5, 0.6) is 0 Å². The second-order valence-electron chi connectivity index (χ2n) is 4.24. The summed E-state index contributed by atoms with van der Waals surface area (Å²) < 4.78 is 31.4. The van der Waals surface area contributed by atoms with E-state index in [-0.39, 0.29) is 18.0 Å². The van der Waals surface area contributed by atoms with E-state index < -0.39 is 10.0 Å². The van der Waals surface area contributed by atoms with Gasteiger partial charge in [0.15, 0.2) is 0 Å². The molecule has 0 radical (unpaired) electrons. The summed E-state index contributed by atoms with van der Waals surface area (Å²) >= 11 is 0. The number of hydrogen-bond donors (Lipinski definition) is 0. The van der Waals surface area contributed by atoms with Gasteiger partial charge in [-0.15, -0.1) is 6.58 Å². The van der Waals surface area contributed by atoms with Gasteiger partial charge in [-0.3, -0.25) is 0 Å². The van der Waals surface area contributed by atoms with Crippen LogP contribution in [-0.4, -0.2) is 39.5 Å². The van der Waals surface area contributed by atoms with Crippen molar-refractivity contribution in [3.05, 3.63) is 42.0 Å². The lowest BCUT2D eigenvalue weighted by atomic mass is 10.2. The van der Waals surface area contributed by atoms with Gasteiger partial charge in [0.2, 0.25) is 10.0 Å². The van der Waals surface area contributed by atoms with Crippen LogP contribution in [0.15, 0.2) is 35.7 Å². The lowest BCUT2D eigenvalue weighted by molar-refractivity contribution is 0.182. The molecule has 0 bridgehead atoms. The molecule has 0 heterocycles. The van der Waals surface area contributed by atoms with E-state index in [1.807, 2.05) is 6.07 Å². The molecular formula is C14H18N2O3S. The first-order valence-electron chi connectivity index (χ1n) is 6.08. The normalized spacial score (nSPS) is 11.3. The third kappa shape index (κ3) is 3.67. The summed E-state index contributed by atoms with van der Waals surface area (Å²) in [4.78, 5) is 0.203. The van der Waals surface area contributed by atoms with Crippen LogP contribution in [0.2, 0.25) is 0 Å². The van der Waals surface area contributed by atoms with E-state index in [4.69, 9.17) is 10.00 Å². The van der Waals surface area contributed by atoms with Crippen molar-refractivity contribution in [2.24, 2.45) is 0 Å².